The quantitative estimate of drug-likeness (QED) is 0.713. The fourth-order valence-corrected chi connectivity index (χ4v) is 1.93. The van der Waals surface area contributed by atoms with Gasteiger partial charge in [0, 0.05) is 11.6 Å². The number of aryl methyl sites for hydroxylation is 1. The van der Waals surface area contributed by atoms with Gasteiger partial charge in [-0.15, -0.1) is 0 Å². The molecule has 0 unspecified atom stereocenters. The van der Waals surface area contributed by atoms with E-state index in [1.165, 1.54) is 17.7 Å². The van der Waals surface area contributed by atoms with Gasteiger partial charge in [0.2, 0.25) is 0 Å². The molecule has 0 atom stereocenters. The molecule has 1 heterocycles. The van der Waals surface area contributed by atoms with E-state index < -0.39 is 0 Å². The highest BCUT2D eigenvalue weighted by Gasteiger charge is 2.07. The smallest absolute Gasteiger partial charge is 0.174 e. The Labute approximate surface area is 122 Å². The van der Waals surface area contributed by atoms with Gasteiger partial charge in [-0.25, -0.2) is 4.39 Å². The number of aromatic nitrogens is 1. The van der Waals surface area contributed by atoms with Crippen LogP contribution in [0.2, 0.25) is 0 Å². The lowest BCUT2D eigenvalue weighted by atomic mass is 10.1. The van der Waals surface area contributed by atoms with E-state index in [1.54, 1.807) is 12.1 Å². The molecular weight excluding hydrogens is 269 g/mol. The second-order valence-corrected chi connectivity index (χ2v) is 4.79. The molecule has 0 saturated carbocycles. The normalized spacial score (nSPS) is 10.6. The molecule has 0 spiro atoms. The average molecular weight is 283 g/mol. The minimum absolute atomic E-state index is 0.254. The van der Waals surface area contributed by atoms with Crippen molar-refractivity contribution in [3.05, 3.63) is 71.7 Å². The Bertz CT molecular complexity index is 717. The summed E-state index contributed by atoms with van der Waals surface area (Å²) in [5.74, 6) is 0.920. The van der Waals surface area contributed by atoms with Gasteiger partial charge in [-0.1, -0.05) is 35.0 Å². The van der Waals surface area contributed by atoms with Crippen molar-refractivity contribution in [2.75, 3.05) is 0 Å². The van der Waals surface area contributed by atoms with Crippen LogP contribution in [0, 0.1) is 12.7 Å². The first kappa shape index (κ1) is 13.4. The Balaban J connectivity index is 1.67. The molecule has 0 bridgehead atoms. The third kappa shape index (κ3) is 3.28. The predicted molar refractivity (Wildman–Crippen MR) is 77.4 cm³/mol. The van der Waals surface area contributed by atoms with Crippen LogP contribution in [0.25, 0.3) is 11.3 Å². The molecule has 106 valence electrons. The number of benzene rings is 2. The van der Waals surface area contributed by atoms with Crippen molar-refractivity contribution in [1.29, 1.82) is 0 Å². The van der Waals surface area contributed by atoms with Crippen molar-refractivity contribution in [3.63, 3.8) is 0 Å². The van der Waals surface area contributed by atoms with Crippen molar-refractivity contribution in [1.82, 2.24) is 5.16 Å². The van der Waals surface area contributed by atoms with E-state index in [0.717, 1.165) is 11.3 Å². The SMILES string of the molecule is Cc1ccc(-c2cc(COc3ccc(F)cc3)on2)cc1. The minimum atomic E-state index is -0.288. The number of hydrogen-bond donors (Lipinski definition) is 0. The van der Waals surface area contributed by atoms with Crippen LogP contribution in [0.4, 0.5) is 4.39 Å². The molecule has 0 amide bonds. The summed E-state index contributed by atoms with van der Waals surface area (Å²) in [7, 11) is 0. The maximum atomic E-state index is 12.8. The van der Waals surface area contributed by atoms with Gasteiger partial charge < -0.3 is 9.26 Å². The first-order valence-corrected chi connectivity index (χ1v) is 6.62. The van der Waals surface area contributed by atoms with Gasteiger partial charge in [-0.2, -0.15) is 0 Å². The van der Waals surface area contributed by atoms with Crippen LogP contribution < -0.4 is 4.74 Å². The first-order valence-electron chi connectivity index (χ1n) is 6.62. The molecule has 3 nitrogen and oxygen atoms in total. The van der Waals surface area contributed by atoms with Crippen LogP contribution in [0.3, 0.4) is 0 Å². The van der Waals surface area contributed by atoms with Crippen molar-refractivity contribution in [2.24, 2.45) is 0 Å². The van der Waals surface area contributed by atoms with Crippen molar-refractivity contribution in [3.8, 4) is 17.0 Å². The molecule has 1 aromatic heterocycles. The van der Waals surface area contributed by atoms with Gasteiger partial charge in [0.25, 0.3) is 0 Å². The molecule has 0 fully saturated rings. The van der Waals surface area contributed by atoms with E-state index >= 15 is 0 Å². The lowest BCUT2D eigenvalue weighted by molar-refractivity contribution is 0.249. The molecule has 3 rings (SSSR count). The van der Waals surface area contributed by atoms with Crippen LogP contribution in [0.15, 0.2) is 59.1 Å². The van der Waals surface area contributed by atoms with Crippen LogP contribution in [0.1, 0.15) is 11.3 Å². The summed E-state index contributed by atoms with van der Waals surface area (Å²) in [4.78, 5) is 0. The van der Waals surface area contributed by atoms with Gasteiger partial charge in [0.05, 0.1) is 0 Å². The van der Waals surface area contributed by atoms with Crippen LogP contribution in [0.5, 0.6) is 5.75 Å². The highest BCUT2D eigenvalue weighted by Crippen LogP contribution is 2.20. The minimum Gasteiger partial charge on any atom is -0.486 e. The first-order chi connectivity index (χ1) is 10.2. The van der Waals surface area contributed by atoms with Crippen molar-refractivity contribution in [2.45, 2.75) is 13.5 Å². The van der Waals surface area contributed by atoms with E-state index in [9.17, 15) is 4.39 Å². The van der Waals surface area contributed by atoms with Crippen molar-refractivity contribution < 1.29 is 13.7 Å². The lowest BCUT2D eigenvalue weighted by Gasteiger charge is -2.02. The summed E-state index contributed by atoms with van der Waals surface area (Å²) >= 11 is 0. The van der Waals surface area contributed by atoms with E-state index in [0.29, 0.717) is 11.5 Å². The monoisotopic (exact) mass is 283 g/mol. The van der Waals surface area contributed by atoms with E-state index in [1.807, 2.05) is 37.3 Å². The number of rotatable bonds is 4. The highest BCUT2D eigenvalue weighted by molar-refractivity contribution is 5.59. The van der Waals surface area contributed by atoms with Crippen molar-refractivity contribution >= 4 is 0 Å². The van der Waals surface area contributed by atoms with E-state index in [-0.39, 0.29) is 12.4 Å². The summed E-state index contributed by atoms with van der Waals surface area (Å²) in [5, 5.41) is 4.03. The molecule has 0 radical (unpaired) electrons. The highest BCUT2D eigenvalue weighted by atomic mass is 19.1. The third-order valence-electron chi connectivity index (χ3n) is 3.10. The molecule has 0 aliphatic rings. The van der Waals surface area contributed by atoms with E-state index in [4.69, 9.17) is 9.26 Å². The Morgan fingerprint density at radius 3 is 2.48 bits per heavy atom. The zero-order valence-electron chi connectivity index (χ0n) is 11.5. The summed E-state index contributed by atoms with van der Waals surface area (Å²) in [6, 6.07) is 15.8. The predicted octanol–water partition coefficient (Wildman–Crippen LogP) is 4.37. The fourth-order valence-electron chi connectivity index (χ4n) is 1.93. The number of hydrogen-bond acceptors (Lipinski definition) is 3. The topological polar surface area (TPSA) is 35.3 Å². The number of nitrogens with zero attached hydrogens (tertiary/aromatic N) is 1. The summed E-state index contributed by atoms with van der Waals surface area (Å²) in [6.45, 7) is 2.29. The summed E-state index contributed by atoms with van der Waals surface area (Å²) in [5.41, 5.74) is 2.96. The molecule has 3 aromatic rings. The summed E-state index contributed by atoms with van der Waals surface area (Å²) in [6.07, 6.45) is 0. The van der Waals surface area contributed by atoms with Gasteiger partial charge >= 0.3 is 0 Å². The molecule has 0 aliphatic heterocycles. The Kier molecular flexibility index (Phi) is 3.69. The van der Waals surface area contributed by atoms with E-state index in [2.05, 4.69) is 5.16 Å². The molecular formula is C17H14FNO2. The zero-order chi connectivity index (χ0) is 14.7. The Morgan fingerprint density at radius 2 is 1.76 bits per heavy atom. The molecule has 21 heavy (non-hydrogen) atoms. The third-order valence-corrected chi connectivity index (χ3v) is 3.10. The summed E-state index contributed by atoms with van der Waals surface area (Å²) < 4.78 is 23.5. The van der Waals surface area contributed by atoms with Crippen LogP contribution in [-0.2, 0) is 6.61 Å². The van der Waals surface area contributed by atoms with Crippen LogP contribution in [-0.4, -0.2) is 5.16 Å². The van der Waals surface area contributed by atoms with Crippen LogP contribution >= 0.6 is 0 Å². The second-order valence-electron chi connectivity index (χ2n) is 4.79. The maximum absolute atomic E-state index is 12.8. The average Bonchev–Trinajstić information content (AvgIpc) is 2.96. The molecule has 4 heteroatoms. The maximum Gasteiger partial charge on any atom is 0.174 e. The number of halogens is 1. The molecule has 2 aromatic carbocycles. The largest absolute Gasteiger partial charge is 0.486 e. The molecule has 0 saturated heterocycles. The Morgan fingerprint density at radius 1 is 1.05 bits per heavy atom. The fraction of sp³-hybridized carbons (Fsp3) is 0.118. The van der Waals surface area contributed by atoms with Gasteiger partial charge in [0.1, 0.15) is 23.9 Å². The zero-order valence-corrected chi connectivity index (χ0v) is 11.5. The van der Waals surface area contributed by atoms with Gasteiger partial charge in [-0.05, 0) is 31.2 Å². The lowest BCUT2D eigenvalue weighted by Crippen LogP contribution is -1.93. The second kappa shape index (κ2) is 5.79. The van der Waals surface area contributed by atoms with Gasteiger partial charge in [-0.3, -0.25) is 0 Å². The van der Waals surface area contributed by atoms with Gasteiger partial charge in [0.15, 0.2) is 5.76 Å². The molecule has 0 aliphatic carbocycles. The standard InChI is InChI=1S/C17H14FNO2/c1-12-2-4-13(5-3-12)17-10-16(21-19-17)11-20-15-8-6-14(18)7-9-15/h2-10H,11H2,1H3. The molecule has 0 N–H and O–H groups in total. The Hall–Kier alpha value is -2.62. The number of ether oxygens (including phenoxy) is 1.